The second-order valence-corrected chi connectivity index (χ2v) is 20.0. The predicted molar refractivity (Wildman–Crippen MR) is 338 cm³/mol. The summed E-state index contributed by atoms with van der Waals surface area (Å²) in [5.41, 5.74) is 13.0. The maximum Gasteiger partial charge on any atom is 6.00 e. The van der Waals surface area contributed by atoms with Crippen molar-refractivity contribution in [3.8, 4) is 0 Å². The molecule has 0 atom stereocenters. The van der Waals surface area contributed by atoms with E-state index in [0.29, 0.717) is 0 Å². The monoisotopic (exact) mass is 1080 g/mol. The van der Waals surface area contributed by atoms with Gasteiger partial charge in [0.2, 0.25) is 0 Å². The average molecular weight is 1080 g/mol. The zero-order chi connectivity index (χ0) is 55.4. The molecule has 0 bridgehead atoms. The predicted octanol–water partition coefficient (Wildman–Crippen LogP) is 19.4. The van der Waals surface area contributed by atoms with E-state index in [1.807, 2.05) is 72.8 Å². The summed E-state index contributed by atoms with van der Waals surface area (Å²) in [7, 11) is 0. The molecule has 0 aliphatic rings. The molecule has 12 aromatic carbocycles. The smallest absolute Gasteiger partial charge is 0.324 e. The van der Waals surface area contributed by atoms with Crippen LogP contribution < -0.4 is 0 Å². The van der Waals surface area contributed by atoms with E-state index in [4.69, 9.17) is 0 Å². The van der Waals surface area contributed by atoms with Crippen LogP contribution in [0.5, 0.6) is 0 Å². The number of hydrogen-bond donors (Lipinski definition) is 0. The third kappa shape index (κ3) is 13.4. The average Bonchev–Trinajstić information content (AvgIpc) is 3.63. The van der Waals surface area contributed by atoms with Crippen LogP contribution in [0.3, 0.4) is 0 Å². The van der Waals surface area contributed by atoms with Crippen molar-refractivity contribution < 1.29 is 17.4 Å². The third-order valence-corrected chi connectivity index (χ3v) is 15.2. The molecule has 1 heteroatoms. The molecule has 0 saturated carbocycles. The van der Waals surface area contributed by atoms with Gasteiger partial charge < -0.3 is 27.7 Å². The Morgan fingerprint density at radius 1 is 0.123 bits per heavy atom. The SMILES string of the molecule is [CH2-]C(c1ccccc1)(c1ccccc1)c1ccccc1.[CH2-]C(c1ccccc1)(c1ccccc1)c1ccccc1.[CH2-]C(c1ccccc1)(c1ccccc1)c1ccccc1.[CH2-]C(c1ccccc1)(c1ccccc1)c1ccccc1.[Cr+6]. The van der Waals surface area contributed by atoms with Crippen LogP contribution in [-0.4, -0.2) is 0 Å². The van der Waals surface area contributed by atoms with Crippen LogP contribution in [0.1, 0.15) is 66.8 Å². The van der Waals surface area contributed by atoms with Gasteiger partial charge in [-0.2, -0.15) is 0 Å². The Hall–Kier alpha value is -8.83. The molecule has 0 aliphatic heterocycles. The van der Waals surface area contributed by atoms with Crippen LogP contribution in [0.2, 0.25) is 0 Å². The van der Waals surface area contributed by atoms with Crippen LogP contribution in [0.15, 0.2) is 364 Å². The van der Waals surface area contributed by atoms with Gasteiger partial charge in [0.15, 0.2) is 0 Å². The first-order chi connectivity index (χ1) is 39.3. The van der Waals surface area contributed by atoms with Crippen molar-refractivity contribution in [2.45, 2.75) is 21.7 Å². The van der Waals surface area contributed by atoms with Gasteiger partial charge in [0.1, 0.15) is 0 Å². The van der Waals surface area contributed by atoms with Gasteiger partial charge in [-0.25, -0.2) is 0 Å². The van der Waals surface area contributed by atoms with Crippen LogP contribution in [0, 0.1) is 27.7 Å². The van der Waals surface area contributed by atoms with E-state index in [0.717, 1.165) is 0 Å². The van der Waals surface area contributed by atoms with Crippen LogP contribution in [0.25, 0.3) is 0 Å². The summed E-state index contributed by atoms with van der Waals surface area (Å²) < 4.78 is 0. The van der Waals surface area contributed by atoms with E-state index >= 15 is 0 Å². The fourth-order valence-corrected chi connectivity index (χ4v) is 10.7. The van der Waals surface area contributed by atoms with Crippen molar-refractivity contribution in [1.82, 2.24) is 0 Å². The van der Waals surface area contributed by atoms with Crippen molar-refractivity contribution in [3.05, 3.63) is 458 Å². The molecule has 12 aromatic rings. The molecular weight excluding hydrogens is 1010 g/mol. The Morgan fingerprint density at radius 2 is 0.185 bits per heavy atom. The fourth-order valence-electron chi connectivity index (χ4n) is 10.7. The zero-order valence-corrected chi connectivity index (χ0v) is 47.2. The van der Waals surface area contributed by atoms with E-state index in [-0.39, 0.29) is 39.0 Å². The second-order valence-electron chi connectivity index (χ2n) is 20.0. The van der Waals surface area contributed by atoms with Crippen LogP contribution >= 0.6 is 0 Å². The van der Waals surface area contributed by atoms with Gasteiger partial charge in [-0.05, 0) is 0 Å². The Kier molecular flexibility index (Phi) is 20.4. The molecule has 0 nitrogen and oxygen atoms in total. The van der Waals surface area contributed by atoms with Crippen molar-refractivity contribution in [1.29, 1.82) is 0 Å². The quantitative estimate of drug-likeness (QED) is 0.0845. The van der Waals surface area contributed by atoms with E-state index in [9.17, 15) is 0 Å². The minimum Gasteiger partial charge on any atom is -0.324 e. The molecule has 0 saturated heterocycles. The topological polar surface area (TPSA) is 0 Å². The molecule has 0 unspecified atom stereocenters. The maximum absolute atomic E-state index is 4.58. The zero-order valence-electron chi connectivity index (χ0n) is 45.9. The third-order valence-electron chi connectivity index (χ3n) is 15.2. The minimum atomic E-state index is -0.371. The summed E-state index contributed by atoms with van der Waals surface area (Å²) in [4.78, 5) is 0. The Labute approximate surface area is 494 Å². The molecule has 392 valence electrons. The summed E-state index contributed by atoms with van der Waals surface area (Å²) in [6.45, 7) is 18.3. The van der Waals surface area contributed by atoms with Gasteiger partial charge in [0, 0.05) is 0 Å². The first-order valence-electron chi connectivity index (χ1n) is 27.3. The summed E-state index contributed by atoms with van der Waals surface area (Å²) in [5, 5.41) is 0. The summed E-state index contributed by atoms with van der Waals surface area (Å²) >= 11 is 0. The summed E-state index contributed by atoms with van der Waals surface area (Å²) in [6.07, 6.45) is 0. The minimum absolute atomic E-state index is 0. The van der Waals surface area contributed by atoms with Gasteiger partial charge in [-0.3, -0.25) is 0 Å². The Balaban J connectivity index is 0.000000141. The Morgan fingerprint density at radius 3 is 0.247 bits per heavy atom. The first-order valence-corrected chi connectivity index (χ1v) is 27.3. The molecule has 0 aliphatic carbocycles. The van der Waals surface area contributed by atoms with Crippen molar-refractivity contribution in [2.24, 2.45) is 0 Å². The van der Waals surface area contributed by atoms with Gasteiger partial charge in [-0.15, -0.1) is 0 Å². The molecule has 0 N–H and O–H groups in total. The van der Waals surface area contributed by atoms with Crippen LogP contribution in [0.4, 0.5) is 0 Å². The molecule has 0 amide bonds. The molecule has 0 aromatic heterocycles. The number of rotatable bonds is 12. The van der Waals surface area contributed by atoms with Gasteiger partial charge in [0.25, 0.3) is 0 Å². The standard InChI is InChI=1S/4C20H17.Cr/c4*1-20(17-11-5-2-6-12-17,18-13-7-3-8-14-18)19-15-9-4-10-16-19;/h4*2-16H,1H2;/q4*-1;+6. The normalized spacial score (nSPS) is 11.1. The van der Waals surface area contributed by atoms with Gasteiger partial charge in [-0.1, -0.05) is 452 Å². The van der Waals surface area contributed by atoms with Gasteiger partial charge >= 0.3 is 17.4 Å². The van der Waals surface area contributed by atoms with Crippen LogP contribution in [-0.2, 0) is 39.0 Å². The Bertz CT molecular complexity index is 2740. The van der Waals surface area contributed by atoms with E-state index < -0.39 is 0 Å². The molecule has 0 spiro atoms. The number of hydrogen-bond acceptors (Lipinski definition) is 0. The van der Waals surface area contributed by atoms with Crippen molar-refractivity contribution >= 4 is 0 Å². The summed E-state index contributed by atoms with van der Waals surface area (Å²) in [6, 6.07) is 126. The molecule has 0 radical (unpaired) electrons. The molecule has 0 heterocycles. The van der Waals surface area contributed by atoms with Crippen molar-refractivity contribution in [3.63, 3.8) is 0 Å². The molecular formula is C80H68Cr+2. The number of benzene rings is 12. The molecule has 12 rings (SSSR count). The fraction of sp³-hybridized carbons (Fsp3) is 0.0500. The maximum atomic E-state index is 4.58. The van der Waals surface area contributed by atoms with E-state index in [2.05, 4.69) is 319 Å². The van der Waals surface area contributed by atoms with E-state index in [1.54, 1.807) is 0 Å². The van der Waals surface area contributed by atoms with E-state index in [1.165, 1.54) is 66.8 Å². The largest absolute Gasteiger partial charge is 6.00 e. The molecule has 0 fully saturated rings. The molecule has 81 heavy (non-hydrogen) atoms. The van der Waals surface area contributed by atoms with Crippen molar-refractivity contribution in [2.75, 3.05) is 0 Å². The summed E-state index contributed by atoms with van der Waals surface area (Å²) in [5.74, 6) is 0. The second kappa shape index (κ2) is 28.4. The van der Waals surface area contributed by atoms with Gasteiger partial charge in [0.05, 0.1) is 0 Å². The first kappa shape index (κ1) is 58.3.